The molecule has 2 amide bonds. The van der Waals surface area contributed by atoms with Gasteiger partial charge in [0.25, 0.3) is 5.91 Å². The van der Waals surface area contributed by atoms with E-state index < -0.39 is 11.7 Å². The summed E-state index contributed by atoms with van der Waals surface area (Å²) in [6.45, 7) is 6.60. The molecule has 0 aliphatic carbocycles. The summed E-state index contributed by atoms with van der Waals surface area (Å²) in [5.74, 6) is 0.361. The molecule has 1 N–H and O–H groups in total. The van der Waals surface area contributed by atoms with Crippen LogP contribution in [0.2, 0.25) is 0 Å². The van der Waals surface area contributed by atoms with Crippen molar-refractivity contribution in [1.29, 1.82) is 0 Å². The van der Waals surface area contributed by atoms with Crippen molar-refractivity contribution in [3.8, 4) is 0 Å². The number of oxazole rings is 1. The average molecular weight is 371 g/mol. The molecule has 1 fully saturated rings. The van der Waals surface area contributed by atoms with Crippen LogP contribution in [0.1, 0.15) is 55.6 Å². The number of likely N-dealkylation sites (tertiary alicyclic amines) is 1. The van der Waals surface area contributed by atoms with Gasteiger partial charge in [0.05, 0.1) is 6.20 Å². The molecule has 1 aliphatic rings. The van der Waals surface area contributed by atoms with Gasteiger partial charge in [-0.25, -0.2) is 15.1 Å². The van der Waals surface area contributed by atoms with E-state index in [0.717, 1.165) is 12.8 Å². The lowest BCUT2D eigenvalue weighted by Crippen LogP contribution is -2.37. The summed E-state index contributed by atoms with van der Waals surface area (Å²) in [6.07, 6.45) is 2.48. The largest absolute Gasteiger partial charge is 0.443 e. The zero-order valence-corrected chi connectivity index (χ0v) is 15.9. The van der Waals surface area contributed by atoms with Crippen molar-refractivity contribution in [2.24, 2.45) is 0 Å². The number of aromatic nitrogens is 1. The first kappa shape index (κ1) is 18.9. The molecule has 2 aromatic rings. The highest BCUT2D eigenvalue weighted by Gasteiger charge is 2.27. The van der Waals surface area contributed by atoms with E-state index in [1.807, 2.05) is 18.2 Å². The van der Waals surface area contributed by atoms with Gasteiger partial charge in [-0.2, -0.15) is 0 Å². The normalized spacial score (nSPS) is 15.4. The van der Waals surface area contributed by atoms with E-state index >= 15 is 0 Å². The number of ether oxygens (including phenoxy) is 1. The molecule has 1 saturated heterocycles. The predicted octanol–water partition coefficient (Wildman–Crippen LogP) is 4.04. The summed E-state index contributed by atoms with van der Waals surface area (Å²) >= 11 is 0. The molecule has 0 saturated carbocycles. The third kappa shape index (κ3) is 5.09. The van der Waals surface area contributed by atoms with Gasteiger partial charge < -0.3 is 14.1 Å². The summed E-state index contributed by atoms with van der Waals surface area (Å²) in [4.78, 5) is 30.1. The number of nitrogens with one attached hydrogen (secondary N) is 1. The molecular formula is C20H25N3O4. The van der Waals surface area contributed by atoms with Crippen LogP contribution >= 0.6 is 0 Å². The zero-order valence-electron chi connectivity index (χ0n) is 15.9. The number of hydrogen-bond donors (Lipinski definition) is 1. The van der Waals surface area contributed by atoms with Gasteiger partial charge in [0.2, 0.25) is 5.76 Å². The van der Waals surface area contributed by atoms with Crippen molar-refractivity contribution in [2.45, 2.75) is 45.1 Å². The molecule has 1 aromatic carbocycles. The van der Waals surface area contributed by atoms with E-state index in [1.165, 1.54) is 11.8 Å². The van der Waals surface area contributed by atoms with Crippen LogP contribution in [0.3, 0.4) is 0 Å². The highest BCUT2D eigenvalue weighted by Crippen LogP contribution is 2.28. The van der Waals surface area contributed by atoms with E-state index in [2.05, 4.69) is 22.4 Å². The van der Waals surface area contributed by atoms with Gasteiger partial charge in [0, 0.05) is 13.1 Å². The van der Waals surface area contributed by atoms with Crippen LogP contribution in [0, 0.1) is 0 Å². The van der Waals surface area contributed by atoms with Crippen LogP contribution in [-0.4, -0.2) is 40.6 Å². The van der Waals surface area contributed by atoms with Gasteiger partial charge in [-0.05, 0) is 45.1 Å². The van der Waals surface area contributed by atoms with Crippen molar-refractivity contribution in [1.82, 2.24) is 9.88 Å². The smallest absolute Gasteiger partial charge is 0.415 e. The Labute approximate surface area is 158 Å². The van der Waals surface area contributed by atoms with E-state index in [1.54, 1.807) is 25.7 Å². The van der Waals surface area contributed by atoms with Crippen LogP contribution in [0.25, 0.3) is 0 Å². The highest BCUT2D eigenvalue weighted by molar-refractivity contribution is 5.92. The Morgan fingerprint density at radius 3 is 2.48 bits per heavy atom. The number of rotatable bonds is 3. The van der Waals surface area contributed by atoms with Crippen molar-refractivity contribution < 1.29 is 18.7 Å². The molecule has 3 rings (SSSR count). The van der Waals surface area contributed by atoms with E-state index in [4.69, 9.17) is 9.15 Å². The summed E-state index contributed by atoms with van der Waals surface area (Å²) < 4.78 is 10.5. The first-order valence-electron chi connectivity index (χ1n) is 9.12. The second kappa shape index (κ2) is 7.82. The molecule has 0 atom stereocenters. The maximum absolute atomic E-state index is 12.6. The summed E-state index contributed by atoms with van der Waals surface area (Å²) in [5.41, 5.74) is 0.686. The summed E-state index contributed by atoms with van der Waals surface area (Å²) in [5, 5.41) is 2.40. The minimum Gasteiger partial charge on any atom is -0.443 e. The SMILES string of the molecule is CC(C)(C)OC(=O)Nc1ncc(C(=O)N2CCC(c3ccccc3)CC2)o1. The van der Waals surface area contributed by atoms with E-state index in [0.29, 0.717) is 19.0 Å². The third-order valence-corrected chi connectivity index (χ3v) is 4.38. The molecular weight excluding hydrogens is 346 g/mol. The third-order valence-electron chi connectivity index (χ3n) is 4.38. The Balaban J connectivity index is 1.55. The number of anilines is 1. The summed E-state index contributed by atoms with van der Waals surface area (Å²) in [7, 11) is 0. The number of hydrogen-bond acceptors (Lipinski definition) is 5. The fourth-order valence-electron chi connectivity index (χ4n) is 3.12. The molecule has 0 spiro atoms. The first-order chi connectivity index (χ1) is 12.8. The zero-order chi connectivity index (χ0) is 19.4. The van der Waals surface area contributed by atoms with Crippen LogP contribution in [-0.2, 0) is 4.74 Å². The number of nitrogens with zero attached hydrogens (tertiary/aromatic N) is 2. The Hall–Kier alpha value is -2.83. The van der Waals surface area contributed by atoms with Gasteiger partial charge >= 0.3 is 12.1 Å². The maximum atomic E-state index is 12.6. The average Bonchev–Trinajstić information content (AvgIpc) is 3.08. The van der Waals surface area contributed by atoms with E-state index in [-0.39, 0.29) is 17.7 Å². The fourth-order valence-corrected chi connectivity index (χ4v) is 3.12. The Morgan fingerprint density at radius 2 is 1.85 bits per heavy atom. The van der Waals surface area contributed by atoms with E-state index in [9.17, 15) is 9.59 Å². The lowest BCUT2D eigenvalue weighted by molar-refractivity contribution is 0.0624. The lowest BCUT2D eigenvalue weighted by atomic mass is 9.89. The van der Waals surface area contributed by atoms with Crippen molar-refractivity contribution in [3.05, 3.63) is 47.9 Å². The molecule has 1 aliphatic heterocycles. The van der Waals surface area contributed by atoms with Gasteiger partial charge in [-0.1, -0.05) is 30.3 Å². The number of amides is 2. The number of carbonyl (C=O) groups excluding carboxylic acids is 2. The molecule has 27 heavy (non-hydrogen) atoms. The standard InChI is InChI=1S/C20H25N3O4/c1-20(2,3)27-19(25)22-18-21-13-16(26-18)17(24)23-11-9-15(10-12-23)14-7-5-4-6-8-14/h4-8,13,15H,9-12H2,1-3H3,(H,21,22,25). The molecule has 0 radical (unpaired) electrons. The molecule has 1 aromatic heterocycles. The number of benzene rings is 1. The second-order valence-corrected chi connectivity index (χ2v) is 7.63. The summed E-state index contributed by atoms with van der Waals surface area (Å²) in [6, 6.07) is 10.3. The highest BCUT2D eigenvalue weighted by atomic mass is 16.6. The number of piperidine rings is 1. The van der Waals surface area contributed by atoms with Crippen LogP contribution in [0.15, 0.2) is 40.9 Å². The molecule has 0 bridgehead atoms. The molecule has 144 valence electrons. The minimum absolute atomic E-state index is 0.0493. The van der Waals surface area contributed by atoms with Crippen LogP contribution < -0.4 is 5.32 Å². The maximum Gasteiger partial charge on any atom is 0.415 e. The molecule has 0 unspecified atom stereocenters. The van der Waals surface area contributed by atoms with Crippen molar-refractivity contribution in [3.63, 3.8) is 0 Å². The topological polar surface area (TPSA) is 84.7 Å². The quantitative estimate of drug-likeness (QED) is 0.880. The predicted molar refractivity (Wildman–Crippen MR) is 101 cm³/mol. The van der Waals surface area contributed by atoms with Gasteiger partial charge in [0.1, 0.15) is 5.60 Å². The van der Waals surface area contributed by atoms with Gasteiger partial charge in [0.15, 0.2) is 0 Å². The molecule has 7 heteroatoms. The fraction of sp³-hybridized carbons (Fsp3) is 0.450. The molecule has 2 heterocycles. The second-order valence-electron chi connectivity index (χ2n) is 7.63. The van der Waals surface area contributed by atoms with Crippen molar-refractivity contribution >= 4 is 18.0 Å². The Kier molecular flexibility index (Phi) is 5.48. The van der Waals surface area contributed by atoms with Crippen LogP contribution in [0.5, 0.6) is 0 Å². The Bertz CT molecular complexity index is 787. The number of carbonyl (C=O) groups is 2. The minimum atomic E-state index is -0.674. The van der Waals surface area contributed by atoms with Crippen LogP contribution in [0.4, 0.5) is 10.8 Å². The van der Waals surface area contributed by atoms with Gasteiger partial charge in [-0.3, -0.25) is 4.79 Å². The molecule has 7 nitrogen and oxygen atoms in total. The van der Waals surface area contributed by atoms with Crippen molar-refractivity contribution in [2.75, 3.05) is 18.4 Å². The van der Waals surface area contributed by atoms with Gasteiger partial charge in [-0.15, -0.1) is 0 Å². The lowest BCUT2D eigenvalue weighted by Gasteiger charge is -2.31. The monoisotopic (exact) mass is 371 g/mol. The Morgan fingerprint density at radius 1 is 1.19 bits per heavy atom. The first-order valence-corrected chi connectivity index (χ1v) is 9.12.